The van der Waals surface area contributed by atoms with E-state index in [0.29, 0.717) is 16.3 Å². The van der Waals surface area contributed by atoms with Crippen LogP contribution in [0.3, 0.4) is 0 Å². The van der Waals surface area contributed by atoms with Crippen LogP contribution in [0.5, 0.6) is 5.75 Å². The van der Waals surface area contributed by atoms with Crippen LogP contribution in [0.1, 0.15) is 37.8 Å². The van der Waals surface area contributed by atoms with Crippen molar-refractivity contribution in [1.82, 2.24) is 0 Å². The molecule has 25 heavy (non-hydrogen) atoms. The van der Waals surface area contributed by atoms with E-state index < -0.39 is 0 Å². The number of carbonyl (C=O) groups is 1. The molecule has 0 aromatic heterocycles. The molecule has 0 radical (unpaired) electrons. The Bertz CT molecular complexity index is 817. The Kier molecular flexibility index (Phi) is 6.80. The maximum atomic E-state index is 12.1. The molecule has 0 saturated heterocycles. The second-order valence-corrected chi connectivity index (χ2v) is 6.12. The molecule has 0 spiro atoms. The third-order valence-electron chi connectivity index (χ3n) is 3.96. The van der Waals surface area contributed by atoms with Crippen LogP contribution in [-0.4, -0.2) is 5.97 Å². The van der Waals surface area contributed by atoms with Crippen LogP contribution in [0, 0.1) is 17.2 Å². The molecule has 0 aliphatic rings. The van der Waals surface area contributed by atoms with Gasteiger partial charge in [0.1, 0.15) is 5.75 Å². The molecule has 0 aliphatic carbocycles. The molecule has 2 aromatic rings. The van der Waals surface area contributed by atoms with Gasteiger partial charge in [-0.2, -0.15) is 5.26 Å². The minimum Gasteiger partial charge on any atom is -0.426 e. The van der Waals surface area contributed by atoms with Crippen LogP contribution in [0.2, 0.25) is 5.02 Å². The number of hydrogen-bond donors (Lipinski definition) is 0. The number of hydrogen-bond acceptors (Lipinski definition) is 3. The summed E-state index contributed by atoms with van der Waals surface area (Å²) in [4.78, 5) is 12.1. The van der Waals surface area contributed by atoms with Crippen molar-refractivity contribution in [2.75, 3.05) is 0 Å². The summed E-state index contributed by atoms with van der Waals surface area (Å²) in [5.74, 6) is 0.163. The fourth-order valence-electron chi connectivity index (χ4n) is 2.49. The number of rotatable bonds is 6. The van der Waals surface area contributed by atoms with E-state index in [4.69, 9.17) is 16.3 Å². The van der Waals surface area contributed by atoms with Gasteiger partial charge in [-0.05, 0) is 54.3 Å². The SMILES string of the molecule is CCC(CC)C(=O)Oc1cccc(/C=C(/C#N)c2cccc(Cl)c2)c1. The summed E-state index contributed by atoms with van der Waals surface area (Å²) in [5, 5.41) is 10.0. The van der Waals surface area contributed by atoms with E-state index in [-0.39, 0.29) is 11.9 Å². The van der Waals surface area contributed by atoms with Gasteiger partial charge in [-0.1, -0.05) is 49.7 Å². The minimum atomic E-state index is -0.221. The van der Waals surface area contributed by atoms with Gasteiger partial charge in [0.2, 0.25) is 0 Å². The molecule has 0 heterocycles. The summed E-state index contributed by atoms with van der Waals surface area (Å²) >= 11 is 5.99. The van der Waals surface area contributed by atoms with Gasteiger partial charge in [0.25, 0.3) is 0 Å². The first-order valence-corrected chi connectivity index (χ1v) is 8.64. The maximum absolute atomic E-state index is 12.1. The number of benzene rings is 2. The van der Waals surface area contributed by atoms with Gasteiger partial charge in [0, 0.05) is 5.02 Å². The number of ether oxygens (including phenoxy) is 1. The van der Waals surface area contributed by atoms with Crippen molar-refractivity contribution in [3.63, 3.8) is 0 Å². The predicted molar refractivity (Wildman–Crippen MR) is 101 cm³/mol. The second kappa shape index (κ2) is 9.05. The molecule has 0 atom stereocenters. The average Bonchev–Trinajstić information content (AvgIpc) is 2.61. The van der Waals surface area contributed by atoms with Gasteiger partial charge in [0.05, 0.1) is 17.6 Å². The fourth-order valence-corrected chi connectivity index (χ4v) is 2.68. The standard InChI is InChI=1S/C21H20ClNO2/c1-3-16(4-2)21(24)25-20-10-5-7-15(12-20)11-18(14-23)17-8-6-9-19(22)13-17/h5-13,16H,3-4H2,1-2H3/b18-11-. The average molecular weight is 354 g/mol. The lowest BCUT2D eigenvalue weighted by Gasteiger charge is -2.12. The van der Waals surface area contributed by atoms with E-state index in [1.54, 1.807) is 42.5 Å². The first-order valence-electron chi connectivity index (χ1n) is 8.26. The molecule has 0 fully saturated rings. The lowest BCUT2D eigenvalue weighted by atomic mass is 10.0. The van der Waals surface area contributed by atoms with Crippen molar-refractivity contribution in [2.24, 2.45) is 5.92 Å². The topological polar surface area (TPSA) is 50.1 Å². The van der Waals surface area contributed by atoms with Crippen LogP contribution in [0.4, 0.5) is 0 Å². The number of halogens is 1. The summed E-state index contributed by atoms with van der Waals surface area (Å²) in [5.41, 5.74) is 2.02. The highest BCUT2D eigenvalue weighted by atomic mass is 35.5. The van der Waals surface area contributed by atoms with E-state index in [0.717, 1.165) is 24.0 Å². The molecular weight excluding hydrogens is 334 g/mol. The molecule has 0 bridgehead atoms. The Hall–Kier alpha value is -2.57. The lowest BCUT2D eigenvalue weighted by Crippen LogP contribution is -2.19. The lowest BCUT2D eigenvalue weighted by molar-refractivity contribution is -0.139. The third kappa shape index (κ3) is 5.20. The predicted octanol–water partition coefficient (Wildman–Crippen LogP) is 5.75. The van der Waals surface area contributed by atoms with E-state index in [1.165, 1.54) is 0 Å². The zero-order valence-electron chi connectivity index (χ0n) is 14.3. The van der Waals surface area contributed by atoms with E-state index in [9.17, 15) is 10.1 Å². The Morgan fingerprint density at radius 3 is 2.56 bits per heavy atom. The van der Waals surface area contributed by atoms with Crippen LogP contribution >= 0.6 is 11.6 Å². The quantitative estimate of drug-likeness (QED) is 0.287. The highest BCUT2D eigenvalue weighted by Crippen LogP contribution is 2.23. The van der Waals surface area contributed by atoms with Crippen LogP contribution in [-0.2, 0) is 4.79 Å². The number of carbonyl (C=O) groups excluding carboxylic acids is 1. The Morgan fingerprint density at radius 1 is 1.20 bits per heavy atom. The molecule has 0 saturated carbocycles. The van der Waals surface area contributed by atoms with Crippen LogP contribution in [0.25, 0.3) is 11.6 Å². The summed E-state index contributed by atoms with van der Waals surface area (Å²) in [6.45, 7) is 3.94. The molecular formula is C21H20ClNO2. The van der Waals surface area contributed by atoms with Crippen molar-refractivity contribution in [3.8, 4) is 11.8 Å². The van der Waals surface area contributed by atoms with Crippen molar-refractivity contribution < 1.29 is 9.53 Å². The van der Waals surface area contributed by atoms with E-state index in [1.807, 2.05) is 26.0 Å². The third-order valence-corrected chi connectivity index (χ3v) is 4.20. The monoisotopic (exact) mass is 353 g/mol. The minimum absolute atomic E-state index is 0.0969. The van der Waals surface area contributed by atoms with Crippen molar-refractivity contribution >= 4 is 29.2 Å². The van der Waals surface area contributed by atoms with Crippen molar-refractivity contribution in [3.05, 3.63) is 64.7 Å². The summed E-state index contributed by atoms with van der Waals surface area (Å²) in [7, 11) is 0. The first-order chi connectivity index (χ1) is 12.1. The molecule has 4 heteroatoms. The fraction of sp³-hybridized carbons (Fsp3) is 0.238. The van der Waals surface area contributed by atoms with Gasteiger partial charge in [-0.15, -0.1) is 0 Å². The highest BCUT2D eigenvalue weighted by molar-refractivity contribution is 6.30. The largest absolute Gasteiger partial charge is 0.426 e. The Morgan fingerprint density at radius 2 is 1.92 bits per heavy atom. The number of nitriles is 1. The van der Waals surface area contributed by atoms with E-state index in [2.05, 4.69) is 6.07 Å². The van der Waals surface area contributed by atoms with Gasteiger partial charge >= 0.3 is 5.97 Å². The normalized spacial score (nSPS) is 11.2. The summed E-state index contributed by atoms with van der Waals surface area (Å²) in [6, 6.07) is 16.5. The Balaban J connectivity index is 2.26. The molecule has 2 rings (SSSR count). The molecule has 0 unspecified atom stereocenters. The van der Waals surface area contributed by atoms with Crippen LogP contribution < -0.4 is 4.74 Å². The van der Waals surface area contributed by atoms with Gasteiger partial charge in [-0.3, -0.25) is 4.79 Å². The molecule has 128 valence electrons. The van der Waals surface area contributed by atoms with Crippen LogP contribution in [0.15, 0.2) is 48.5 Å². The highest BCUT2D eigenvalue weighted by Gasteiger charge is 2.16. The zero-order chi connectivity index (χ0) is 18.2. The van der Waals surface area contributed by atoms with Crippen molar-refractivity contribution in [2.45, 2.75) is 26.7 Å². The number of nitrogens with zero attached hydrogens (tertiary/aromatic N) is 1. The van der Waals surface area contributed by atoms with Gasteiger partial charge in [0.15, 0.2) is 0 Å². The van der Waals surface area contributed by atoms with E-state index >= 15 is 0 Å². The molecule has 0 amide bonds. The molecule has 0 aliphatic heterocycles. The molecule has 2 aromatic carbocycles. The first kappa shape index (κ1) is 18.8. The molecule has 3 nitrogen and oxygen atoms in total. The smallest absolute Gasteiger partial charge is 0.314 e. The summed E-state index contributed by atoms with van der Waals surface area (Å²) < 4.78 is 5.47. The summed E-state index contributed by atoms with van der Waals surface area (Å²) in [6.07, 6.45) is 3.25. The van der Waals surface area contributed by atoms with Gasteiger partial charge < -0.3 is 4.74 Å². The maximum Gasteiger partial charge on any atom is 0.314 e. The number of esters is 1. The Labute approximate surface area is 153 Å². The second-order valence-electron chi connectivity index (χ2n) is 5.69. The number of allylic oxidation sites excluding steroid dienone is 1. The van der Waals surface area contributed by atoms with Gasteiger partial charge in [-0.25, -0.2) is 0 Å². The molecule has 0 N–H and O–H groups in total. The van der Waals surface area contributed by atoms with Crippen molar-refractivity contribution in [1.29, 1.82) is 5.26 Å². The zero-order valence-corrected chi connectivity index (χ0v) is 15.1.